The fourth-order valence-electron chi connectivity index (χ4n) is 2.73. The van der Waals surface area contributed by atoms with Crippen molar-refractivity contribution in [1.29, 1.82) is 5.41 Å². The van der Waals surface area contributed by atoms with Crippen LogP contribution in [0.1, 0.15) is 39.0 Å². The summed E-state index contributed by atoms with van der Waals surface area (Å²) in [7, 11) is 0. The second kappa shape index (κ2) is 7.76. The van der Waals surface area contributed by atoms with E-state index in [9.17, 15) is 0 Å². The van der Waals surface area contributed by atoms with Crippen molar-refractivity contribution in [3.05, 3.63) is 11.8 Å². The molecule has 2 saturated heterocycles. The van der Waals surface area contributed by atoms with Crippen LogP contribution in [0.4, 0.5) is 0 Å². The summed E-state index contributed by atoms with van der Waals surface area (Å²) in [5.41, 5.74) is 7.99. The highest BCUT2D eigenvalue weighted by molar-refractivity contribution is 5.92. The zero-order valence-electron chi connectivity index (χ0n) is 12.5. The van der Waals surface area contributed by atoms with Gasteiger partial charge in [0.05, 0.1) is 18.8 Å². The molecule has 2 aliphatic rings. The summed E-state index contributed by atoms with van der Waals surface area (Å²) in [5.74, 6) is 0. The van der Waals surface area contributed by atoms with Crippen LogP contribution in [0.25, 0.3) is 0 Å². The first-order chi connectivity index (χ1) is 9.69. The van der Waals surface area contributed by atoms with Crippen LogP contribution in [0.15, 0.2) is 11.8 Å². The van der Waals surface area contributed by atoms with Gasteiger partial charge in [-0.25, -0.2) is 0 Å². The third-order valence-electron chi connectivity index (χ3n) is 4.16. The van der Waals surface area contributed by atoms with Gasteiger partial charge in [0, 0.05) is 17.5 Å². The summed E-state index contributed by atoms with van der Waals surface area (Å²) < 4.78 is 6.01. The second-order valence-corrected chi connectivity index (χ2v) is 5.78. The van der Waals surface area contributed by atoms with Crippen LogP contribution in [0.3, 0.4) is 0 Å². The van der Waals surface area contributed by atoms with E-state index >= 15 is 0 Å². The van der Waals surface area contributed by atoms with Crippen LogP contribution < -0.4 is 16.4 Å². The van der Waals surface area contributed by atoms with Gasteiger partial charge in [-0.15, -0.1) is 0 Å². The van der Waals surface area contributed by atoms with E-state index in [1.54, 1.807) is 0 Å². The predicted octanol–water partition coefficient (Wildman–Crippen LogP) is 1.15. The molecule has 2 unspecified atom stereocenters. The Labute approximate surface area is 121 Å². The smallest absolute Gasteiger partial charge is 0.0686 e. The molecule has 5 heteroatoms. The van der Waals surface area contributed by atoms with Crippen molar-refractivity contribution in [1.82, 2.24) is 10.6 Å². The minimum Gasteiger partial charge on any atom is -0.382 e. The molecule has 2 fully saturated rings. The summed E-state index contributed by atoms with van der Waals surface area (Å²) in [5, 5.41) is 14.6. The standard InChI is InChI=1S/C15H28N4O/c1-2-11(16)9-12-3-4-14(17)15(19-12)10-20-13-5-7-18-8-6-13/h9,13-16,18-19H,2-8,10,17H2,1H3/b12-9-,16-11?. The van der Waals surface area contributed by atoms with Crippen LogP contribution in [0, 0.1) is 5.41 Å². The van der Waals surface area contributed by atoms with Gasteiger partial charge >= 0.3 is 0 Å². The Balaban J connectivity index is 1.82. The first-order valence-electron chi connectivity index (χ1n) is 7.81. The molecule has 2 atom stereocenters. The quantitative estimate of drug-likeness (QED) is 0.569. The molecular weight excluding hydrogens is 252 g/mol. The second-order valence-electron chi connectivity index (χ2n) is 5.78. The summed E-state index contributed by atoms with van der Waals surface area (Å²) in [4.78, 5) is 0. The van der Waals surface area contributed by atoms with Crippen molar-refractivity contribution in [3.63, 3.8) is 0 Å². The number of hydrogen-bond donors (Lipinski definition) is 4. The van der Waals surface area contributed by atoms with Gasteiger partial charge in [0.2, 0.25) is 0 Å². The monoisotopic (exact) mass is 280 g/mol. The summed E-state index contributed by atoms with van der Waals surface area (Å²) in [6.07, 6.45) is 7.17. The van der Waals surface area contributed by atoms with E-state index in [-0.39, 0.29) is 12.1 Å². The molecule has 0 aromatic carbocycles. The van der Waals surface area contributed by atoms with Gasteiger partial charge < -0.3 is 26.5 Å². The molecule has 0 bridgehead atoms. The number of ether oxygens (including phenoxy) is 1. The van der Waals surface area contributed by atoms with Crippen molar-refractivity contribution in [3.8, 4) is 0 Å². The Morgan fingerprint density at radius 2 is 2.15 bits per heavy atom. The van der Waals surface area contributed by atoms with Crippen LogP contribution in [-0.2, 0) is 4.74 Å². The van der Waals surface area contributed by atoms with Gasteiger partial charge in [-0.3, -0.25) is 0 Å². The maximum Gasteiger partial charge on any atom is 0.0686 e. The Kier molecular flexibility index (Phi) is 6.01. The number of allylic oxidation sites excluding steroid dienone is 2. The summed E-state index contributed by atoms with van der Waals surface area (Å²) >= 11 is 0. The Bertz CT molecular complexity index is 350. The summed E-state index contributed by atoms with van der Waals surface area (Å²) in [6, 6.07) is 0.319. The van der Waals surface area contributed by atoms with Gasteiger partial charge in [0.1, 0.15) is 0 Å². The van der Waals surface area contributed by atoms with Gasteiger partial charge in [0.15, 0.2) is 0 Å². The molecule has 2 heterocycles. The van der Waals surface area contributed by atoms with Gasteiger partial charge in [-0.1, -0.05) is 6.92 Å². The number of piperidine rings is 2. The number of nitrogens with one attached hydrogen (secondary N) is 3. The topological polar surface area (TPSA) is 83.2 Å². The highest BCUT2D eigenvalue weighted by Crippen LogP contribution is 2.17. The zero-order valence-corrected chi connectivity index (χ0v) is 12.5. The average molecular weight is 280 g/mol. The van der Waals surface area contributed by atoms with E-state index in [2.05, 4.69) is 10.6 Å². The van der Waals surface area contributed by atoms with Crippen molar-refractivity contribution in [2.45, 2.75) is 57.2 Å². The first-order valence-corrected chi connectivity index (χ1v) is 7.81. The Hall–Kier alpha value is -0.910. The van der Waals surface area contributed by atoms with E-state index in [4.69, 9.17) is 15.9 Å². The molecule has 0 aliphatic carbocycles. The maximum atomic E-state index is 7.77. The SMILES string of the molecule is CCC(=N)/C=C1/CCC(N)C(COC2CCNCC2)N1. The van der Waals surface area contributed by atoms with E-state index in [1.807, 2.05) is 13.0 Å². The Morgan fingerprint density at radius 3 is 2.85 bits per heavy atom. The van der Waals surface area contributed by atoms with Crippen LogP contribution in [0.5, 0.6) is 0 Å². The highest BCUT2D eigenvalue weighted by Gasteiger charge is 2.25. The van der Waals surface area contributed by atoms with Crippen LogP contribution >= 0.6 is 0 Å². The predicted molar refractivity (Wildman–Crippen MR) is 82.1 cm³/mol. The van der Waals surface area contributed by atoms with Crippen molar-refractivity contribution in [2.75, 3.05) is 19.7 Å². The lowest BCUT2D eigenvalue weighted by Gasteiger charge is -2.34. The number of nitrogens with two attached hydrogens (primary N) is 1. The van der Waals surface area contributed by atoms with Crippen LogP contribution in [-0.4, -0.2) is 43.6 Å². The summed E-state index contributed by atoms with van der Waals surface area (Å²) in [6.45, 7) is 4.77. The van der Waals surface area contributed by atoms with Crippen molar-refractivity contribution < 1.29 is 4.74 Å². The molecule has 5 N–H and O–H groups in total. The molecule has 114 valence electrons. The lowest BCUT2D eigenvalue weighted by Crippen LogP contribution is -2.51. The van der Waals surface area contributed by atoms with Gasteiger partial charge in [-0.05, 0) is 51.3 Å². The third-order valence-corrected chi connectivity index (χ3v) is 4.16. The fraction of sp³-hybridized carbons (Fsp3) is 0.800. The molecule has 0 radical (unpaired) electrons. The molecule has 0 aromatic heterocycles. The normalized spacial score (nSPS) is 30.2. The maximum absolute atomic E-state index is 7.77. The largest absolute Gasteiger partial charge is 0.382 e. The molecule has 20 heavy (non-hydrogen) atoms. The molecular formula is C15H28N4O. The lowest BCUT2D eigenvalue weighted by molar-refractivity contribution is 0.0153. The van der Waals surface area contributed by atoms with Crippen LogP contribution in [0.2, 0.25) is 0 Å². The highest BCUT2D eigenvalue weighted by atomic mass is 16.5. The molecule has 0 spiro atoms. The molecule has 2 rings (SSSR count). The first kappa shape index (κ1) is 15.5. The molecule has 0 amide bonds. The fourth-order valence-corrected chi connectivity index (χ4v) is 2.73. The number of rotatable bonds is 5. The van der Waals surface area contributed by atoms with E-state index < -0.39 is 0 Å². The minimum absolute atomic E-state index is 0.143. The molecule has 2 aliphatic heterocycles. The Morgan fingerprint density at radius 1 is 1.40 bits per heavy atom. The lowest BCUT2D eigenvalue weighted by atomic mass is 9.96. The molecule has 0 aromatic rings. The zero-order chi connectivity index (χ0) is 14.4. The van der Waals surface area contributed by atoms with Crippen molar-refractivity contribution >= 4 is 5.71 Å². The van der Waals surface area contributed by atoms with Gasteiger partial charge in [0.25, 0.3) is 0 Å². The average Bonchev–Trinajstić information content (AvgIpc) is 2.48. The molecule has 0 saturated carbocycles. The van der Waals surface area contributed by atoms with Gasteiger partial charge in [-0.2, -0.15) is 0 Å². The van der Waals surface area contributed by atoms with Crippen molar-refractivity contribution in [2.24, 2.45) is 5.73 Å². The van der Waals surface area contributed by atoms with E-state index in [0.717, 1.165) is 50.9 Å². The third kappa shape index (κ3) is 4.58. The number of hydrogen-bond acceptors (Lipinski definition) is 5. The minimum atomic E-state index is 0.143. The van der Waals surface area contributed by atoms with E-state index in [0.29, 0.717) is 18.4 Å². The van der Waals surface area contributed by atoms with E-state index in [1.165, 1.54) is 0 Å². The molecule has 5 nitrogen and oxygen atoms in total.